The molecule has 0 fully saturated rings. The van der Waals surface area contributed by atoms with Crippen LogP contribution in [0.25, 0.3) is 0 Å². The molecule has 0 saturated carbocycles. The lowest BCUT2D eigenvalue weighted by Gasteiger charge is -2.14. The summed E-state index contributed by atoms with van der Waals surface area (Å²) in [5.41, 5.74) is 4.14. The minimum Gasteiger partial charge on any atom is -0.490 e. The molecule has 0 radical (unpaired) electrons. The normalized spacial score (nSPS) is 11.2. The van der Waals surface area contributed by atoms with E-state index in [4.69, 9.17) is 5.73 Å². The van der Waals surface area contributed by atoms with Crippen molar-refractivity contribution in [3.63, 3.8) is 0 Å². The molecule has 0 heterocycles. The van der Waals surface area contributed by atoms with Crippen LogP contribution in [0, 0.1) is 10.1 Å². The highest BCUT2D eigenvalue weighted by molar-refractivity contribution is 5.49. The highest BCUT2D eigenvalue weighted by atomic mass is 19.3. The van der Waals surface area contributed by atoms with Crippen LogP contribution in [0.2, 0.25) is 0 Å². The number of nitrogens with two attached hydrogens (primary N) is 1. The van der Waals surface area contributed by atoms with E-state index in [0.717, 1.165) is 18.2 Å². The van der Waals surface area contributed by atoms with Gasteiger partial charge in [0.05, 0.1) is 18.6 Å². The van der Waals surface area contributed by atoms with E-state index in [1.807, 2.05) is 0 Å². The van der Waals surface area contributed by atoms with E-state index >= 15 is 0 Å². The monoisotopic (exact) mass is 232 g/mol. The molecule has 0 amide bonds. The second-order valence-corrected chi connectivity index (χ2v) is 3.05. The third kappa shape index (κ3) is 2.25. The Morgan fingerprint density at radius 3 is 2.62 bits per heavy atom. The van der Waals surface area contributed by atoms with Crippen molar-refractivity contribution >= 4 is 5.69 Å². The quantitative estimate of drug-likeness (QED) is 0.632. The molecule has 1 aromatic rings. The minimum absolute atomic E-state index is 0.212. The van der Waals surface area contributed by atoms with Gasteiger partial charge in [-0.1, -0.05) is 0 Å². The average molecular weight is 232 g/mol. The van der Waals surface area contributed by atoms with E-state index < -0.39 is 23.0 Å². The van der Waals surface area contributed by atoms with Gasteiger partial charge in [0.15, 0.2) is 5.75 Å². The highest BCUT2D eigenvalue weighted by Gasteiger charge is 2.31. The Labute approximate surface area is 90.0 Å². The lowest BCUT2D eigenvalue weighted by Crippen LogP contribution is -2.25. The third-order valence-corrected chi connectivity index (χ3v) is 2.06. The van der Waals surface area contributed by atoms with Crippen LogP contribution in [0.4, 0.5) is 14.5 Å². The topological polar surface area (TPSA) is 78.4 Å². The van der Waals surface area contributed by atoms with E-state index in [9.17, 15) is 18.9 Å². The molecule has 88 valence electrons. The van der Waals surface area contributed by atoms with Crippen molar-refractivity contribution in [2.24, 2.45) is 5.73 Å². The summed E-state index contributed by atoms with van der Waals surface area (Å²) < 4.78 is 31.0. The van der Waals surface area contributed by atoms with Gasteiger partial charge in [-0.2, -0.15) is 8.78 Å². The molecule has 0 spiro atoms. The molecule has 0 saturated heterocycles. The zero-order chi connectivity index (χ0) is 12.3. The van der Waals surface area contributed by atoms with E-state index in [1.54, 1.807) is 0 Å². The van der Waals surface area contributed by atoms with Gasteiger partial charge in [-0.15, -0.1) is 0 Å². The van der Waals surface area contributed by atoms with E-state index in [-0.39, 0.29) is 11.4 Å². The van der Waals surface area contributed by atoms with Gasteiger partial charge in [-0.25, -0.2) is 0 Å². The number of halogens is 2. The lowest BCUT2D eigenvalue weighted by atomic mass is 10.1. The first-order valence-corrected chi connectivity index (χ1v) is 4.33. The summed E-state index contributed by atoms with van der Waals surface area (Å²) >= 11 is 0. The van der Waals surface area contributed by atoms with Crippen LogP contribution in [0.5, 0.6) is 5.75 Å². The smallest absolute Gasteiger partial charge is 0.310 e. The Morgan fingerprint density at radius 1 is 1.56 bits per heavy atom. The Hall–Kier alpha value is -1.76. The molecule has 0 aromatic heterocycles. The molecule has 7 heteroatoms. The zero-order valence-corrected chi connectivity index (χ0v) is 8.44. The number of rotatable bonds is 4. The van der Waals surface area contributed by atoms with Gasteiger partial charge in [-0.3, -0.25) is 10.1 Å². The maximum Gasteiger partial charge on any atom is 0.310 e. The molecule has 0 atom stereocenters. The van der Waals surface area contributed by atoms with Crippen molar-refractivity contribution in [1.29, 1.82) is 0 Å². The molecule has 0 aliphatic heterocycles. The van der Waals surface area contributed by atoms with E-state index in [2.05, 4.69) is 4.74 Å². The van der Waals surface area contributed by atoms with Crippen LogP contribution in [0.3, 0.4) is 0 Å². The summed E-state index contributed by atoms with van der Waals surface area (Å²) in [4.78, 5) is 9.82. The number of methoxy groups -OCH3 is 1. The van der Waals surface area contributed by atoms with Crippen LogP contribution in [-0.2, 0) is 5.92 Å². The third-order valence-electron chi connectivity index (χ3n) is 2.06. The number of nitrogens with zero attached hydrogens (tertiary/aromatic N) is 1. The lowest BCUT2D eigenvalue weighted by molar-refractivity contribution is -0.385. The first-order chi connectivity index (χ1) is 7.42. The number of ether oxygens (including phenoxy) is 1. The fraction of sp³-hybridized carbons (Fsp3) is 0.333. The summed E-state index contributed by atoms with van der Waals surface area (Å²) in [6.07, 6.45) is 0. The van der Waals surface area contributed by atoms with Crippen molar-refractivity contribution in [3.05, 3.63) is 33.9 Å². The number of alkyl halides is 2. The molecular formula is C9H10F2N2O3. The number of hydrogen-bond donors (Lipinski definition) is 1. The molecule has 5 nitrogen and oxygen atoms in total. The first kappa shape index (κ1) is 12.3. The minimum atomic E-state index is -3.22. The molecule has 1 rings (SSSR count). The second kappa shape index (κ2) is 4.40. The standard InChI is InChI=1S/C9H10F2N2O3/c1-16-8-4-6(9(10,11)5-12)2-3-7(8)13(14)15/h2-4H,5,12H2,1H3. The largest absolute Gasteiger partial charge is 0.490 e. The van der Waals surface area contributed by atoms with E-state index in [1.165, 1.54) is 7.11 Å². The van der Waals surface area contributed by atoms with Crippen LogP contribution >= 0.6 is 0 Å². The Bertz CT molecular complexity index is 410. The van der Waals surface area contributed by atoms with Gasteiger partial charge in [0.2, 0.25) is 0 Å². The molecule has 0 bridgehead atoms. The van der Waals surface area contributed by atoms with Gasteiger partial charge in [0, 0.05) is 11.6 Å². The molecule has 0 unspecified atom stereocenters. The summed E-state index contributed by atoms with van der Waals surface area (Å²) in [5, 5.41) is 10.5. The predicted octanol–water partition coefficient (Wildman–Crippen LogP) is 1.65. The molecule has 16 heavy (non-hydrogen) atoms. The van der Waals surface area contributed by atoms with Crippen molar-refractivity contribution in [2.75, 3.05) is 13.7 Å². The van der Waals surface area contributed by atoms with Gasteiger partial charge in [0.1, 0.15) is 0 Å². The zero-order valence-electron chi connectivity index (χ0n) is 8.44. The van der Waals surface area contributed by atoms with Crippen LogP contribution < -0.4 is 10.5 Å². The van der Waals surface area contributed by atoms with Crippen LogP contribution in [-0.4, -0.2) is 18.6 Å². The number of nitro groups is 1. The maximum absolute atomic E-state index is 13.2. The summed E-state index contributed by atoms with van der Waals surface area (Å²) in [6, 6.07) is 2.86. The number of benzene rings is 1. The van der Waals surface area contributed by atoms with E-state index in [0.29, 0.717) is 0 Å². The Kier molecular flexibility index (Phi) is 3.38. The Balaban J connectivity index is 3.24. The van der Waals surface area contributed by atoms with Crippen molar-refractivity contribution < 1.29 is 18.4 Å². The van der Waals surface area contributed by atoms with Gasteiger partial charge < -0.3 is 10.5 Å². The van der Waals surface area contributed by atoms with Crippen molar-refractivity contribution in [1.82, 2.24) is 0 Å². The van der Waals surface area contributed by atoms with Gasteiger partial charge >= 0.3 is 5.69 Å². The van der Waals surface area contributed by atoms with Crippen molar-refractivity contribution in [3.8, 4) is 5.75 Å². The van der Waals surface area contributed by atoms with Gasteiger partial charge in [-0.05, 0) is 12.1 Å². The maximum atomic E-state index is 13.2. The van der Waals surface area contributed by atoms with Crippen LogP contribution in [0.15, 0.2) is 18.2 Å². The highest BCUT2D eigenvalue weighted by Crippen LogP contribution is 2.34. The summed E-state index contributed by atoms with van der Waals surface area (Å²) in [5.74, 6) is -3.43. The number of nitro benzene ring substituents is 1. The molecule has 1 aromatic carbocycles. The summed E-state index contributed by atoms with van der Waals surface area (Å²) in [6.45, 7) is -0.867. The molecule has 0 aliphatic carbocycles. The fourth-order valence-electron chi connectivity index (χ4n) is 1.17. The Morgan fingerprint density at radius 2 is 2.19 bits per heavy atom. The molecule has 2 N–H and O–H groups in total. The fourth-order valence-corrected chi connectivity index (χ4v) is 1.17. The van der Waals surface area contributed by atoms with Gasteiger partial charge in [0.25, 0.3) is 5.92 Å². The second-order valence-electron chi connectivity index (χ2n) is 3.05. The van der Waals surface area contributed by atoms with Crippen LogP contribution in [0.1, 0.15) is 5.56 Å². The predicted molar refractivity (Wildman–Crippen MR) is 52.6 cm³/mol. The van der Waals surface area contributed by atoms with Crippen molar-refractivity contribution in [2.45, 2.75) is 5.92 Å². The average Bonchev–Trinajstić information content (AvgIpc) is 2.27. The molecule has 0 aliphatic rings. The summed E-state index contributed by atoms with van der Waals surface area (Å²) in [7, 11) is 1.17. The number of hydrogen-bond acceptors (Lipinski definition) is 4. The SMILES string of the molecule is COc1cc(C(F)(F)CN)ccc1[N+](=O)[O-]. The first-order valence-electron chi connectivity index (χ1n) is 4.33. The molecular weight excluding hydrogens is 222 g/mol.